The Kier molecular flexibility index (Phi) is 7.89. The van der Waals surface area contributed by atoms with Crippen LogP contribution in [0, 0.1) is 12.5 Å². The van der Waals surface area contributed by atoms with E-state index in [1.165, 1.54) is 28.9 Å². The molecule has 0 amide bonds. The molecule has 0 fully saturated rings. The molecule has 0 saturated heterocycles. The highest BCUT2D eigenvalue weighted by molar-refractivity contribution is 7.09. The van der Waals surface area contributed by atoms with E-state index in [-0.39, 0.29) is 12.1 Å². The Morgan fingerprint density at radius 2 is 2.00 bits per heavy atom. The van der Waals surface area contributed by atoms with Crippen LogP contribution in [-0.4, -0.2) is 11.1 Å². The van der Waals surface area contributed by atoms with Crippen LogP contribution in [0.1, 0.15) is 74.0 Å². The molecule has 28 heavy (non-hydrogen) atoms. The third-order valence-electron chi connectivity index (χ3n) is 5.84. The standard InChI is InChI=1S/C25H31NOS/c1-3-4-5-11-25(27)20-14-12-19(13-15-20)22-16-17-24(26-2)23(22)10-6-8-21-9-7-18-28-21/h7,9,12-16,18,23-25,27H,3-6,8,10-11,17H2,1H3/t23-,24?,25?/m1/s1. The fraction of sp³-hybridized carbons (Fsp3) is 0.480. The molecule has 2 aromatic rings. The summed E-state index contributed by atoms with van der Waals surface area (Å²) in [4.78, 5) is 5.34. The van der Waals surface area contributed by atoms with Crippen molar-refractivity contribution in [2.45, 2.75) is 70.4 Å². The minimum absolute atomic E-state index is 0.0812. The Morgan fingerprint density at radius 1 is 1.18 bits per heavy atom. The Morgan fingerprint density at radius 3 is 2.68 bits per heavy atom. The Hall–Kier alpha value is -1.89. The normalized spacial score (nSPS) is 20.0. The van der Waals surface area contributed by atoms with Crippen LogP contribution in [-0.2, 0) is 6.42 Å². The van der Waals surface area contributed by atoms with Crippen LogP contribution in [0.5, 0.6) is 0 Å². The second-order valence-electron chi connectivity index (χ2n) is 7.80. The van der Waals surface area contributed by atoms with Gasteiger partial charge >= 0.3 is 0 Å². The largest absolute Gasteiger partial charge is 0.388 e. The van der Waals surface area contributed by atoms with E-state index in [2.05, 4.69) is 59.6 Å². The monoisotopic (exact) mass is 393 g/mol. The maximum absolute atomic E-state index is 10.4. The molecule has 0 radical (unpaired) electrons. The lowest BCUT2D eigenvalue weighted by Crippen LogP contribution is -2.13. The van der Waals surface area contributed by atoms with Crippen molar-refractivity contribution in [1.29, 1.82) is 0 Å². The molecule has 1 aliphatic carbocycles. The van der Waals surface area contributed by atoms with Gasteiger partial charge in [-0.25, -0.2) is 6.57 Å². The summed E-state index contributed by atoms with van der Waals surface area (Å²) < 4.78 is 0. The summed E-state index contributed by atoms with van der Waals surface area (Å²) in [5, 5.41) is 12.5. The van der Waals surface area contributed by atoms with Gasteiger partial charge in [-0.15, -0.1) is 11.3 Å². The molecule has 1 aliphatic rings. The molecule has 2 nitrogen and oxygen atoms in total. The molecule has 1 heterocycles. The molecular formula is C25H31NOS. The lowest BCUT2D eigenvalue weighted by atomic mass is 9.87. The number of nitrogens with zero attached hydrogens (tertiary/aromatic N) is 1. The van der Waals surface area contributed by atoms with Gasteiger partial charge in [0, 0.05) is 11.3 Å². The van der Waals surface area contributed by atoms with Crippen LogP contribution in [0.25, 0.3) is 10.4 Å². The lowest BCUT2D eigenvalue weighted by molar-refractivity contribution is 0.163. The topological polar surface area (TPSA) is 24.6 Å². The zero-order valence-corrected chi connectivity index (χ0v) is 17.6. The number of aliphatic hydroxyl groups is 1. The summed E-state index contributed by atoms with van der Waals surface area (Å²) in [6, 6.07) is 12.8. The minimum Gasteiger partial charge on any atom is -0.388 e. The number of aryl methyl sites for hydroxylation is 1. The highest BCUT2D eigenvalue weighted by Gasteiger charge is 2.34. The maximum Gasteiger partial charge on any atom is 0.233 e. The molecule has 0 spiro atoms. The van der Waals surface area contributed by atoms with Gasteiger partial charge in [0.15, 0.2) is 0 Å². The second kappa shape index (κ2) is 10.6. The first-order valence-corrected chi connectivity index (χ1v) is 11.5. The Bertz CT molecular complexity index is 785. The van der Waals surface area contributed by atoms with E-state index in [0.717, 1.165) is 44.1 Å². The van der Waals surface area contributed by atoms with Crippen molar-refractivity contribution < 1.29 is 5.11 Å². The first-order valence-electron chi connectivity index (χ1n) is 10.6. The van der Waals surface area contributed by atoms with Crippen LogP contribution >= 0.6 is 11.3 Å². The fourth-order valence-electron chi connectivity index (χ4n) is 4.20. The van der Waals surface area contributed by atoms with E-state index in [0.29, 0.717) is 5.92 Å². The van der Waals surface area contributed by atoms with E-state index in [4.69, 9.17) is 6.57 Å². The van der Waals surface area contributed by atoms with E-state index in [1.807, 2.05) is 11.3 Å². The van der Waals surface area contributed by atoms with Crippen molar-refractivity contribution in [3.05, 3.63) is 75.3 Å². The number of thiophene rings is 1. The molecule has 1 N–H and O–H groups in total. The molecule has 0 bridgehead atoms. The average Bonchev–Trinajstić information content (AvgIpc) is 3.38. The fourth-order valence-corrected chi connectivity index (χ4v) is 4.95. The van der Waals surface area contributed by atoms with Crippen LogP contribution in [0.3, 0.4) is 0 Å². The van der Waals surface area contributed by atoms with Gasteiger partial charge < -0.3 is 9.95 Å². The minimum atomic E-state index is -0.365. The predicted octanol–water partition coefficient (Wildman–Crippen LogP) is 7.08. The number of aliphatic hydroxyl groups excluding tert-OH is 1. The van der Waals surface area contributed by atoms with Gasteiger partial charge in [0.1, 0.15) is 0 Å². The van der Waals surface area contributed by atoms with Crippen LogP contribution in [0.2, 0.25) is 0 Å². The highest BCUT2D eigenvalue weighted by atomic mass is 32.1. The number of hydrogen-bond acceptors (Lipinski definition) is 2. The first-order chi connectivity index (χ1) is 13.7. The molecule has 3 heteroatoms. The smallest absolute Gasteiger partial charge is 0.233 e. The molecule has 3 atom stereocenters. The summed E-state index contributed by atoms with van der Waals surface area (Å²) in [6.07, 6.45) is 10.3. The number of hydrogen-bond donors (Lipinski definition) is 1. The molecule has 0 aliphatic heterocycles. The first kappa shape index (κ1) is 20.8. The van der Waals surface area contributed by atoms with Crippen molar-refractivity contribution in [1.82, 2.24) is 0 Å². The molecule has 148 valence electrons. The van der Waals surface area contributed by atoms with Crippen molar-refractivity contribution in [2.75, 3.05) is 0 Å². The highest BCUT2D eigenvalue weighted by Crippen LogP contribution is 2.39. The van der Waals surface area contributed by atoms with Gasteiger partial charge in [0.25, 0.3) is 0 Å². The zero-order valence-electron chi connectivity index (χ0n) is 16.8. The van der Waals surface area contributed by atoms with Crippen molar-refractivity contribution in [3.8, 4) is 0 Å². The maximum atomic E-state index is 10.4. The second-order valence-corrected chi connectivity index (χ2v) is 8.84. The molecule has 1 aromatic heterocycles. The van der Waals surface area contributed by atoms with Crippen molar-refractivity contribution in [3.63, 3.8) is 0 Å². The van der Waals surface area contributed by atoms with Gasteiger partial charge in [-0.1, -0.05) is 62.6 Å². The van der Waals surface area contributed by atoms with Gasteiger partial charge in [-0.3, -0.25) is 0 Å². The molecule has 0 saturated carbocycles. The van der Waals surface area contributed by atoms with Gasteiger partial charge in [0.2, 0.25) is 6.04 Å². The third kappa shape index (κ3) is 5.34. The van der Waals surface area contributed by atoms with E-state index < -0.39 is 0 Å². The summed E-state index contributed by atoms with van der Waals surface area (Å²) in [7, 11) is 0. The number of rotatable bonds is 10. The molecule has 3 rings (SSSR count). The molecule has 1 aromatic carbocycles. The third-order valence-corrected chi connectivity index (χ3v) is 6.77. The summed E-state index contributed by atoms with van der Waals surface area (Å²) in [5.74, 6) is 0.331. The van der Waals surface area contributed by atoms with Crippen LogP contribution in [0.15, 0.2) is 47.9 Å². The van der Waals surface area contributed by atoms with Crippen LogP contribution < -0.4 is 0 Å². The van der Waals surface area contributed by atoms with Crippen LogP contribution in [0.4, 0.5) is 0 Å². The van der Waals surface area contributed by atoms with E-state index in [1.54, 1.807) is 0 Å². The SMILES string of the molecule is [C-]#[N+]C1CC=C(c2ccc(C(O)CCCCC)cc2)[C@H]1CCCc1cccs1. The number of benzene rings is 1. The van der Waals surface area contributed by atoms with Gasteiger partial charge in [-0.2, -0.15) is 0 Å². The van der Waals surface area contributed by atoms with Crippen molar-refractivity contribution in [2.24, 2.45) is 5.92 Å². The van der Waals surface area contributed by atoms with E-state index in [9.17, 15) is 5.11 Å². The molecule has 2 unspecified atom stereocenters. The van der Waals surface area contributed by atoms with Gasteiger partial charge in [0.05, 0.1) is 12.0 Å². The summed E-state index contributed by atoms with van der Waals surface area (Å²) >= 11 is 1.82. The molecular weight excluding hydrogens is 362 g/mol. The van der Waals surface area contributed by atoms with E-state index >= 15 is 0 Å². The van der Waals surface area contributed by atoms with Gasteiger partial charge in [-0.05, 0) is 53.8 Å². The number of unbranched alkanes of at least 4 members (excludes halogenated alkanes) is 2. The quantitative estimate of drug-likeness (QED) is 0.338. The lowest BCUT2D eigenvalue weighted by Gasteiger charge is -2.17. The van der Waals surface area contributed by atoms with Crippen molar-refractivity contribution >= 4 is 16.9 Å². The zero-order chi connectivity index (χ0) is 19.8. The Labute approximate surface area is 173 Å². The Balaban J connectivity index is 1.62. The average molecular weight is 394 g/mol. The summed E-state index contributed by atoms with van der Waals surface area (Å²) in [5.41, 5.74) is 3.56. The summed E-state index contributed by atoms with van der Waals surface area (Å²) in [6.45, 7) is 9.77. The predicted molar refractivity (Wildman–Crippen MR) is 119 cm³/mol.